The molecule has 0 N–H and O–H groups in total. The first-order valence-corrected chi connectivity index (χ1v) is 4.85. The minimum atomic E-state index is 0.211. The van der Waals surface area contributed by atoms with Crippen molar-refractivity contribution in [1.82, 2.24) is 0 Å². The molecule has 1 heteroatoms. The number of allylic oxidation sites excluding steroid dienone is 2. The standard InChI is InChI=1S/C12H19N/c1-6-7-12(4,5)11-8-9(2)13-10(11)3/h6,8,10H,1,7H2,2-5H3. The van der Waals surface area contributed by atoms with Crippen LogP contribution >= 0.6 is 0 Å². The topological polar surface area (TPSA) is 12.4 Å². The minimum Gasteiger partial charge on any atom is -0.283 e. The lowest BCUT2D eigenvalue weighted by Crippen LogP contribution is -2.19. The normalized spacial score (nSPS) is 22.6. The Hall–Kier alpha value is -0.850. The molecule has 0 aliphatic carbocycles. The van der Waals surface area contributed by atoms with Crippen molar-refractivity contribution < 1.29 is 0 Å². The number of hydrogen-bond acceptors (Lipinski definition) is 1. The van der Waals surface area contributed by atoms with Gasteiger partial charge in [0.25, 0.3) is 0 Å². The maximum atomic E-state index is 4.51. The molecule has 1 unspecified atom stereocenters. The van der Waals surface area contributed by atoms with Crippen LogP contribution in [0.1, 0.15) is 34.1 Å². The van der Waals surface area contributed by atoms with Crippen LogP contribution in [0, 0.1) is 5.41 Å². The summed E-state index contributed by atoms with van der Waals surface area (Å²) < 4.78 is 0. The number of rotatable bonds is 3. The van der Waals surface area contributed by atoms with Gasteiger partial charge in [0.05, 0.1) is 6.04 Å². The molecule has 0 radical (unpaired) electrons. The van der Waals surface area contributed by atoms with E-state index in [9.17, 15) is 0 Å². The van der Waals surface area contributed by atoms with Crippen molar-refractivity contribution in [3.8, 4) is 0 Å². The lowest BCUT2D eigenvalue weighted by atomic mass is 9.78. The summed E-state index contributed by atoms with van der Waals surface area (Å²) in [6.45, 7) is 12.5. The smallest absolute Gasteiger partial charge is 0.0693 e. The van der Waals surface area contributed by atoms with Crippen molar-refractivity contribution in [1.29, 1.82) is 0 Å². The minimum absolute atomic E-state index is 0.211. The van der Waals surface area contributed by atoms with Crippen LogP contribution in [0.2, 0.25) is 0 Å². The summed E-state index contributed by atoms with van der Waals surface area (Å²) in [6.07, 6.45) is 5.22. The van der Waals surface area contributed by atoms with Crippen molar-refractivity contribution in [3.63, 3.8) is 0 Å². The third-order valence-corrected chi connectivity index (χ3v) is 2.65. The summed E-state index contributed by atoms with van der Waals surface area (Å²) in [4.78, 5) is 4.51. The second kappa shape index (κ2) is 3.49. The lowest BCUT2D eigenvalue weighted by Gasteiger charge is -2.27. The van der Waals surface area contributed by atoms with Crippen molar-refractivity contribution in [2.24, 2.45) is 10.4 Å². The Morgan fingerprint density at radius 3 is 2.62 bits per heavy atom. The van der Waals surface area contributed by atoms with Gasteiger partial charge in [0, 0.05) is 5.71 Å². The van der Waals surface area contributed by atoms with Crippen molar-refractivity contribution >= 4 is 5.71 Å². The molecule has 1 aliphatic rings. The third kappa shape index (κ3) is 2.09. The van der Waals surface area contributed by atoms with Gasteiger partial charge in [0.1, 0.15) is 0 Å². The Morgan fingerprint density at radius 2 is 2.23 bits per heavy atom. The van der Waals surface area contributed by atoms with E-state index in [-0.39, 0.29) is 5.41 Å². The van der Waals surface area contributed by atoms with E-state index >= 15 is 0 Å². The van der Waals surface area contributed by atoms with E-state index < -0.39 is 0 Å². The van der Waals surface area contributed by atoms with Crippen molar-refractivity contribution in [2.75, 3.05) is 0 Å². The summed E-state index contributed by atoms with van der Waals surface area (Å²) in [5.74, 6) is 0. The Labute approximate surface area is 81.3 Å². The Bertz CT molecular complexity index is 269. The first-order valence-electron chi connectivity index (χ1n) is 4.85. The van der Waals surface area contributed by atoms with E-state index in [4.69, 9.17) is 0 Å². The van der Waals surface area contributed by atoms with Crippen molar-refractivity contribution in [3.05, 3.63) is 24.3 Å². The molecule has 1 rings (SSSR count). The molecule has 0 fully saturated rings. The largest absolute Gasteiger partial charge is 0.283 e. The zero-order chi connectivity index (χ0) is 10.1. The molecule has 0 spiro atoms. The first-order chi connectivity index (χ1) is 5.97. The fraction of sp³-hybridized carbons (Fsp3) is 0.583. The highest BCUT2D eigenvalue weighted by atomic mass is 14.8. The molecule has 1 atom stereocenters. The number of nitrogens with zero attached hydrogens (tertiary/aromatic N) is 1. The molecule has 13 heavy (non-hydrogen) atoms. The molecule has 0 aromatic carbocycles. The maximum absolute atomic E-state index is 4.51. The quantitative estimate of drug-likeness (QED) is 0.586. The van der Waals surface area contributed by atoms with Gasteiger partial charge in [0.2, 0.25) is 0 Å². The van der Waals surface area contributed by atoms with E-state index in [1.165, 1.54) is 5.57 Å². The second-order valence-electron chi connectivity index (χ2n) is 4.42. The molecule has 0 saturated heterocycles. The lowest BCUT2D eigenvalue weighted by molar-refractivity contribution is 0.430. The van der Waals surface area contributed by atoms with Crippen LogP contribution in [-0.4, -0.2) is 11.8 Å². The first kappa shape index (κ1) is 10.2. The summed E-state index contributed by atoms with van der Waals surface area (Å²) in [5.41, 5.74) is 2.80. The molecule has 1 aliphatic heterocycles. The van der Waals surface area contributed by atoms with Crippen LogP contribution in [0.4, 0.5) is 0 Å². The molecule has 0 bridgehead atoms. The van der Waals surface area contributed by atoms with E-state index in [1.54, 1.807) is 0 Å². The number of hydrogen-bond donors (Lipinski definition) is 0. The summed E-state index contributed by atoms with van der Waals surface area (Å²) >= 11 is 0. The Morgan fingerprint density at radius 1 is 1.62 bits per heavy atom. The van der Waals surface area contributed by atoms with Gasteiger partial charge in [-0.15, -0.1) is 6.58 Å². The average Bonchev–Trinajstić information content (AvgIpc) is 2.30. The van der Waals surface area contributed by atoms with Gasteiger partial charge in [0.15, 0.2) is 0 Å². The molecule has 72 valence electrons. The van der Waals surface area contributed by atoms with Crippen LogP contribution < -0.4 is 0 Å². The van der Waals surface area contributed by atoms with Gasteiger partial charge in [-0.1, -0.05) is 19.9 Å². The SMILES string of the molecule is C=CCC(C)(C)C1=CC(C)=NC1C. The van der Waals surface area contributed by atoms with E-state index in [0.29, 0.717) is 6.04 Å². The predicted octanol–water partition coefficient (Wildman–Crippen LogP) is 3.38. The Kier molecular flexibility index (Phi) is 2.74. The van der Waals surface area contributed by atoms with Crippen LogP contribution in [-0.2, 0) is 0 Å². The van der Waals surface area contributed by atoms with Gasteiger partial charge in [-0.25, -0.2) is 0 Å². The Balaban J connectivity index is 2.85. The van der Waals surface area contributed by atoms with Crippen LogP contribution in [0.15, 0.2) is 29.3 Å². The summed E-state index contributed by atoms with van der Waals surface area (Å²) in [5, 5.41) is 0. The highest BCUT2D eigenvalue weighted by Crippen LogP contribution is 2.36. The fourth-order valence-corrected chi connectivity index (χ4v) is 2.00. The molecular weight excluding hydrogens is 158 g/mol. The molecule has 0 aromatic rings. The van der Waals surface area contributed by atoms with Crippen LogP contribution in [0.3, 0.4) is 0 Å². The monoisotopic (exact) mass is 177 g/mol. The van der Waals surface area contributed by atoms with Gasteiger partial charge >= 0.3 is 0 Å². The molecule has 1 heterocycles. The van der Waals surface area contributed by atoms with Gasteiger partial charge in [-0.2, -0.15) is 0 Å². The fourth-order valence-electron chi connectivity index (χ4n) is 2.00. The van der Waals surface area contributed by atoms with Gasteiger partial charge < -0.3 is 0 Å². The van der Waals surface area contributed by atoms with Crippen LogP contribution in [0.5, 0.6) is 0 Å². The predicted molar refractivity (Wildman–Crippen MR) is 59.2 cm³/mol. The van der Waals surface area contributed by atoms with Gasteiger partial charge in [-0.05, 0) is 37.3 Å². The zero-order valence-electron chi connectivity index (χ0n) is 9.09. The highest BCUT2D eigenvalue weighted by molar-refractivity contribution is 5.96. The third-order valence-electron chi connectivity index (χ3n) is 2.65. The highest BCUT2D eigenvalue weighted by Gasteiger charge is 2.28. The molecule has 0 saturated carbocycles. The molecular formula is C12H19N. The second-order valence-corrected chi connectivity index (χ2v) is 4.42. The van der Waals surface area contributed by atoms with Gasteiger partial charge in [-0.3, -0.25) is 4.99 Å². The average molecular weight is 177 g/mol. The molecule has 0 amide bonds. The molecule has 1 nitrogen and oxygen atoms in total. The van der Waals surface area contributed by atoms with E-state index in [2.05, 4.69) is 45.3 Å². The zero-order valence-corrected chi connectivity index (χ0v) is 9.09. The summed E-state index contributed by atoms with van der Waals surface area (Å²) in [7, 11) is 0. The van der Waals surface area contributed by atoms with Crippen LogP contribution in [0.25, 0.3) is 0 Å². The van der Waals surface area contributed by atoms with Crippen molar-refractivity contribution in [2.45, 2.75) is 40.2 Å². The molecule has 0 aromatic heterocycles. The van der Waals surface area contributed by atoms with E-state index in [1.807, 2.05) is 6.08 Å². The maximum Gasteiger partial charge on any atom is 0.0693 e. The number of aliphatic imine (C=N–C) groups is 1. The summed E-state index contributed by atoms with van der Waals surface area (Å²) in [6, 6.07) is 0.356. The van der Waals surface area contributed by atoms with E-state index in [0.717, 1.165) is 12.1 Å².